The molecule has 0 bridgehead atoms. The molecule has 0 radical (unpaired) electrons. The minimum absolute atomic E-state index is 0.161. The lowest BCUT2D eigenvalue weighted by Crippen LogP contribution is -2.50. The van der Waals surface area contributed by atoms with Crippen molar-refractivity contribution in [2.45, 2.75) is 39.8 Å². The summed E-state index contributed by atoms with van der Waals surface area (Å²) in [5.41, 5.74) is -1.29. The zero-order valence-electron chi connectivity index (χ0n) is 13.3. The van der Waals surface area contributed by atoms with Crippen molar-refractivity contribution in [2.24, 2.45) is 0 Å². The van der Waals surface area contributed by atoms with Gasteiger partial charge < -0.3 is 14.4 Å². The van der Waals surface area contributed by atoms with Crippen LogP contribution in [0.25, 0.3) is 0 Å². The van der Waals surface area contributed by atoms with Crippen LogP contribution in [0.4, 0.5) is 0 Å². The van der Waals surface area contributed by atoms with E-state index in [4.69, 9.17) is 9.52 Å². The largest absolute Gasteiger partial charge is 0.480 e. The molecule has 0 fully saturated rings. The van der Waals surface area contributed by atoms with Crippen LogP contribution in [0.5, 0.6) is 0 Å². The number of furan rings is 1. The zero-order chi connectivity index (χ0) is 16.2. The summed E-state index contributed by atoms with van der Waals surface area (Å²) in [6.07, 6.45) is 0. The highest BCUT2D eigenvalue weighted by Gasteiger charge is 2.36. The minimum Gasteiger partial charge on any atom is -0.480 e. The van der Waals surface area contributed by atoms with E-state index in [0.717, 1.165) is 13.1 Å². The predicted octanol–water partition coefficient (Wildman–Crippen LogP) is 2.06. The molecule has 1 N–H and O–H groups in total. The van der Waals surface area contributed by atoms with Gasteiger partial charge in [-0.2, -0.15) is 0 Å². The molecule has 1 amide bonds. The van der Waals surface area contributed by atoms with Crippen molar-refractivity contribution >= 4 is 11.9 Å². The molecule has 0 aromatic carbocycles. The van der Waals surface area contributed by atoms with Gasteiger partial charge in [0, 0.05) is 7.05 Å². The Kier molecular flexibility index (Phi) is 5.54. The number of rotatable bonds is 7. The Balaban J connectivity index is 2.85. The molecule has 0 aliphatic rings. The molecule has 0 unspecified atom stereocenters. The molecule has 118 valence electrons. The van der Waals surface area contributed by atoms with Crippen LogP contribution >= 0.6 is 0 Å². The van der Waals surface area contributed by atoms with Crippen molar-refractivity contribution < 1.29 is 19.1 Å². The first-order valence-electron chi connectivity index (χ1n) is 7.06. The van der Waals surface area contributed by atoms with Crippen molar-refractivity contribution in [3.8, 4) is 0 Å². The van der Waals surface area contributed by atoms with Crippen LogP contribution in [0, 0.1) is 0 Å². The number of carbonyl (C=O) groups excluding carboxylic acids is 1. The Bertz CT molecular complexity index is 504. The van der Waals surface area contributed by atoms with E-state index in [-0.39, 0.29) is 5.76 Å². The van der Waals surface area contributed by atoms with Gasteiger partial charge in [0.25, 0.3) is 5.91 Å². The molecule has 6 nitrogen and oxygen atoms in total. The SMILES string of the molecule is CCN(CC)Cc1ccc(C(=O)N(C)C(C)(C)C(=O)O)o1. The Morgan fingerprint density at radius 1 is 1.24 bits per heavy atom. The van der Waals surface area contributed by atoms with Gasteiger partial charge in [-0.15, -0.1) is 0 Å². The van der Waals surface area contributed by atoms with Gasteiger partial charge in [0.2, 0.25) is 0 Å². The molecule has 1 heterocycles. The van der Waals surface area contributed by atoms with Crippen LogP contribution in [0.1, 0.15) is 44.0 Å². The van der Waals surface area contributed by atoms with E-state index in [0.29, 0.717) is 12.3 Å². The molecule has 0 spiro atoms. The van der Waals surface area contributed by atoms with E-state index in [2.05, 4.69) is 18.7 Å². The normalized spacial score (nSPS) is 11.7. The third-order valence-corrected chi connectivity index (χ3v) is 3.81. The van der Waals surface area contributed by atoms with Gasteiger partial charge >= 0.3 is 5.97 Å². The lowest BCUT2D eigenvalue weighted by Gasteiger charge is -2.30. The van der Waals surface area contributed by atoms with E-state index in [9.17, 15) is 9.59 Å². The maximum atomic E-state index is 12.3. The van der Waals surface area contributed by atoms with Crippen LogP contribution in [0.3, 0.4) is 0 Å². The standard InChI is InChI=1S/C15H24N2O4/c1-6-17(7-2)10-11-8-9-12(21-11)13(18)16(5)15(3,4)14(19)20/h8-9H,6-7,10H2,1-5H3,(H,19,20). The molecule has 0 saturated heterocycles. The first-order valence-corrected chi connectivity index (χ1v) is 7.06. The van der Waals surface area contributed by atoms with Crippen LogP contribution in [0.15, 0.2) is 16.5 Å². The minimum atomic E-state index is -1.29. The number of hydrogen-bond donors (Lipinski definition) is 1. The highest BCUT2D eigenvalue weighted by atomic mass is 16.4. The van der Waals surface area contributed by atoms with Gasteiger partial charge in [0.1, 0.15) is 11.3 Å². The first-order chi connectivity index (χ1) is 9.73. The molecule has 1 aromatic heterocycles. The van der Waals surface area contributed by atoms with Crippen LogP contribution in [-0.2, 0) is 11.3 Å². The number of likely N-dealkylation sites (N-methyl/N-ethyl adjacent to an activating group) is 1. The van der Waals surface area contributed by atoms with E-state index < -0.39 is 17.4 Å². The summed E-state index contributed by atoms with van der Waals surface area (Å²) in [6.45, 7) is 9.49. The molecule has 21 heavy (non-hydrogen) atoms. The van der Waals surface area contributed by atoms with Crippen molar-refractivity contribution in [3.05, 3.63) is 23.7 Å². The quantitative estimate of drug-likeness (QED) is 0.833. The predicted molar refractivity (Wildman–Crippen MR) is 79.1 cm³/mol. The monoisotopic (exact) mass is 296 g/mol. The highest BCUT2D eigenvalue weighted by molar-refractivity contribution is 5.95. The van der Waals surface area contributed by atoms with Gasteiger partial charge in [-0.05, 0) is 39.1 Å². The Morgan fingerprint density at radius 2 is 1.81 bits per heavy atom. The molecule has 0 atom stereocenters. The summed E-state index contributed by atoms with van der Waals surface area (Å²) in [7, 11) is 1.46. The third-order valence-electron chi connectivity index (χ3n) is 3.81. The summed E-state index contributed by atoms with van der Waals surface area (Å²) in [5, 5.41) is 9.16. The average molecular weight is 296 g/mol. The van der Waals surface area contributed by atoms with Crippen LogP contribution in [-0.4, -0.2) is 52.5 Å². The fourth-order valence-corrected chi connectivity index (χ4v) is 1.81. The number of nitrogens with zero attached hydrogens (tertiary/aromatic N) is 2. The summed E-state index contributed by atoms with van der Waals surface area (Å²) in [6, 6.07) is 3.35. The van der Waals surface area contributed by atoms with Gasteiger partial charge in [0.05, 0.1) is 6.54 Å². The van der Waals surface area contributed by atoms with Gasteiger partial charge in [-0.3, -0.25) is 9.69 Å². The molecular formula is C15H24N2O4. The molecule has 0 saturated carbocycles. The first kappa shape index (κ1) is 17.2. The lowest BCUT2D eigenvalue weighted by molar-refractivity contribution is -0.147. The topological polar surface area (TPSA) is 74.0 Å². The number of carbonyl (C=O) groups is 2. The molecule has 1 rings (SSSR count). The van der Waals surface area contributed by atoms with Gasteiger partial charge in [-0.25, -0.2) is 4.79 Å². The second-order valence-corrected chi connectivity index (χ2v) is 5.46. The second-order valence-electron chi connectivity index (χ2n) is 5.46. The average Bonchev–Trinajstić information content (AvgIpc) is 2.91. The fraction of sp³-hybridized carbons (Fsp3) is 0.600. The molecule has 1 aromatic rings. The summed E-state index contributed by atoms with van der Waals surface area (Å²) in [5.74, 6) is -0.640. The van der Waals surface area contributed by atoms with E-state index in [1.165, 1.54) is 25.8 Å². The van der Waals surface area contributed by atoms with Crippen molar-refractivity contribution in [3.63, 3.8) is 0 Å². The van der Waals surface area contributed by atoms with Gasteiger partial charge in [-0.1, -0.05) is 13.8 Å². The van der Waals surface area contributed by atoms with Crippen molar-refractivity contribution in [1.82, 2.24) is 9.80 Å². The fourth-order valence-electron chi connectivity index (χ4n) is 1.81. The summed E-state index contributed by atoms with van der Waals surface area (Å²) in [4.78, 5) is 26.8. The van der Waals surface area contributed by atoms with Crippen molar-refractivity contribution in [2.75, 3.05) is 20.1 Å². The number of amides is 1. The van der Waals surface area contributed by atoms with Crippen LogP contribution < -0.4 is 0 Å². The maximum absolute atomic E-state index is 12.3. The number of aliphatic carboxylic acids is 1. The second kappa shape index (κ2) is 6.76. The highest BCUT2D eigenvalue weighted by Crippen LogP contribution is 2.18. The molecular weight excluding hydrogens is 272 g/mol. The maximum Gasteiger partial charge on any atom is 0.329 e. The number of carboxylic acids is 1. The van der Waals surface area contributed by atoms with Crippen LogP contribution in [0.2, 0.25) is 0 Å². The molecule has 0 aliphatic carbocycles. The Hall–Kier alpha value is -1.82. The van der Waals surface area contributed by atoms with E-state index in [1.807, 2.05) is 0 Å². The smallest absolute Gasteiger partial charge is 0.329 e. The number of hydrogen-bond acceptors (Lipinski definition) is 4. The zero-order valence-corrected chi connectivity index (χ0v) is 13.3. The Morgan fingerprint density at radius 3 is 2.29 bits per heavy atom. The molecule has 0 aliphatic heterocycles. The lowest BCUT2D eigenvalue weighted by atomic mass is 10.0. The third kappa shape index (κ3) is 3.85. The molecule has 6 heteroatoms. The van der Waals surface area contributed by atoms with Crippen molar-refractivity contribution in [1.29, 1.82) is 0 Å². The summed E-state index contributed by atoms with van der Waals surface area (Å²) >= 11 is 0. The van der Waals surface area contributed by atoms with E-state index in [1.54, 1.807) is 12.1 Å². The van der Waals surface area contributed by atoms with Gasteiger partial charge in [0.15, 0.2) is 5.76 Å². The van der Waals surface area contributed by atoms with E-state index >= 15 is 0 Å². The summed E-state index contributed by atoms with van der Waals surface area (Å²) < 4.78 is 5.55. The number of carboxylic acid groups (broad SMARTS) is 1. The Labute approximate surface area is 125 Å².